The molecular formula is C11H15N3O2. The van der Waals surface area contributed by atoms with E-state index in [0.717, 1.165) is 26.3 Å². The van der Waals surface area contributed by atoms with E-state index in [1.165, 1.54) is 0 Å². The van der Waals surface area contributed by atoms with Crippen molar-refractivity contribution in [3.63, 3.8) is 0 Å². The van der Waals surface area contributed by atoms with Crippen LogP contribution in [0.4, 0.5) is 0 Å². The summed E-state index contributed by atoms with van der Waals surface area (Å²) in [5.74, 6) is 1.47. The second-order valence-corrected chi connectivity index (χ2v) is 4.34. The molecule has 0 amide bonds. The van der Waals surface area contributed by atoms with Crippen LogP contribution in [0.1, 0.15) is 0 Å². The lowest BCUT2D eigenvalue weighted by atomic mass is 9.86. The van der Waals surface area contributed by atoms with Crippen LogP contribution in [0.25, 0.3) is 0 Å². The highest BCUT2D eigenvalue weighted by Gasteiger charge is 2.39. The predicted molar refractivity (Wildman–Crippen MR) is 57.1 cm³/mol. The summed E-state index contributed by atoms with van der Waals surface area (Å²) in [4.78, 5) is 8.16. The second kappa shape index (κ2) is 4.35. The van der Waals surface area contributed by atoms with Crippen LogP contribution < -0.4 is 10.1 Å². The van der Waals surface area contributed by atoms with Crippen molar-refractivity contribution >= 4 is 0 Å². The van der Waals surface area contributed by atoms with Gasteiger partial charge in [0.1, 0.15) is 6.10 Å². The van der Waals surface area contributed by atoms with E-state index in [1.54, 1.807) is 18.6 Å². The van der Waals surface area contributed by atoms with Crippen LogP contribution in [-0.4, -0.2) is 42.4 Å². The van der Waals surface area contributed by atoms with Gasteiger partial charge in [-0.1, -0.05) is 0 Å². The normalized spacial score (nSPS) is 33.4. The zero-order valence-electron chi connectivity index (χ0n) is 9.00. The van der Waals surface area contributed by atoms with Gasteiger partial charge in [0.15, 0.2) is 0 Å². The number of ether oxygens (including phenoxy) is 2. The van der Waals surface area contributed by atoms with Gasteiger partial charge >= 0.3 is 0 Å². The summed E-state index contributed by atoms with van der Waals surface area (Å²) in [6.07, 6.45) is 5.19. The van der Waals surface area contributed by atoms with Gasteiger partial charge in [0, 0.05) is 37.3 Å². The Kier molecular flexibility index (Phi) is 2.71. The summed E-state index contributed by atoms with van der Waals surface area (Å²) in [5, 5.41) is 3.41. The van der Waals surface area contributed by atoms with Crippen molar-refractivity contribution in [2.75, 3.05) is 26.3 Å². The molecule has 0 aliphatic carbocycles. The maximum absolute atomic E-state index is 5.93. The summed E-state index contributed by atoms with van der Waals surface area (Å²) in [6, 6.07) is 0. The van der Waals surface area contributed by atoms with Gasteiger partial charge in [0.25, 0.3) is 0 Å². The first-order valence-corrected chi connectivity index (χ1v) is 5.64. The van der Waals surface area contributed by atoms with Crippen LogP contribution in [0.3, 0.4) is 0 Å². The topological polar surface area (TPSA) is 56.3 Å². The van der Waals surface area contributed by atoms with Gasteiger partial charge in [-0.15, -0.1) is 0 Å². The molecule has 0 saturated carbocycles. The van der Waals surface area contributed by atoms with Crippen LogP contribution in [0.5, 0.6) is 5.88 Å². The molecule has 5 nitrogen and oxygen atoms in total. The number of rotatable bonds is 2. The molecule has 2 bridgehead atoms. The summed E-state index contributed by atoms with van der Waals surface area (Å²) in [6.45, 7) is 3.46. The first-order chi connectivity index (χ1) is 7.93. The van der Waals surface area contributed by atoms with Crippen LogP contribution in [0, 0.1) is 11.8 Å². The molecule has 5 heteroatoms. The minimum atomic E-state index is 0.215. The number of nitrogens with zero attached hydrogens (tertiary/aromatic N) is 2. The average Bonchev–Trinajstić information content (AvgIpc) is 2.30. The van der Waals surface area contributed by atoms with E-state index >= 15 is 0 Å². The fourth-order valence-electron chi connectivity index (χ4n) is 2.43. The molecule has 3 rings (SSSR count). The Bertz CT molecular complexity index is 324. The highest BCUT2D eigenvalue weighted by Crippen LogP contribution is 2.26. The third kappa shape index (κ3) is 1.88. The van der Waals surface area contributed by atoms with Crippen LogP contribution in [0.15, 0.2) is 18.6 Å². The fraction of sp³-hybridized carbons (Fsp3) is 0.636. The van der Waals surface area contributed by atoms with Gasteiger partial charge in [0.2, 0.25) is 5.88 Å². The van der Waals surface area contributed by atoms with E-state index in [9.17, 15) is 0 Å². The van der Waals surface area contributed by atoms with Crippen molar-refractivity contribution in [2.45, 2.75) is 6.10 Å². The van der Waals surface area contributed by atoms with Crippen molar-refractivity contribution in [3.8, 4) is 5.88 Å². The van der Waals surface area contributed by atoms with Crippen molar-refractivity contribution in [1.82, 2.24) is 15.3 Å². The lowest BCUT2D eigenvalue weighted by Gasteiger charge is -2.41. The Morgan fingerprint density at radius 1 is 1.25 bits per heavy atom. The Hall–Kier alpha value is -1.20. The van der Waals surface area contributed by atoms with Crippen molar-refractivity contribution in [1.29, 1.82) is 0 Å². The molecule has 3 atom stereocenters. The Balaban J connectivity index is 1.74. The van der Waals surface area contributed by atoms with E-state index in [0.29, 0.717) is 17.7 Å². The number of hydrogen-bond donors (Lipinski definition) is 1. The second-order valence-electron chi connectivity index (χ2n) is 4.34. The first-order valence-electron chi connectivity index (χ1n) is 5.64. The molecule has 1 aromatic heterocycles. The minimum Gasteiger partial charge on any atom is -0.472 e. The molecule has 1 aromatic rings. The summed E-state index contributed by atoms with van der Waals surface area (Å²) in [5.41, 5.74) is 0. The van der Waals surface area contributed by atoms with E-state index in [2.05, 4.69) is 15.3 Å². The van der Waals surface area contributed by atoms with Gasteiger partial charge in [-0.05, 0) is 0 Å². The molecule has 0 radical (unpaired) electrons. The van der Waals surface area contributed by atoms with Crippen LogP contribution >= 0.6 is 0 Å². The summed E-state index contributed by atoms with van der Waals surface area (Å²) >= 11 is 0. The smallest absolute Gasteiger partial charge is 0.232 e. The van der Waals surface area contributed by atoms with E-state index < -0.39 is 0 Å². The highest BCUT2D eigenvalue weighted by molar-refractivity contribution is 5.04. The molecule has 1 N–H and O–H groups in total. The van der Waals surface area contributed by atoms with Crippen molar-refractivity contribution in [3.05, 3.63) is 18.6 Å². The molecule has 86 valence electrons. The van der Waals surface area contributed by atoms with Gasteiger partial charge in [-0.2, -0.15) is 0 Å². The maximum atomic E-state index is 5.93. The van der Waals surface area contributed by atoms with Gasteiger partial charge in [-0.25, -0.2) is 4.98 Å². The monoisotopic (exact) mass is 221 g/mol. The van der Waals surface area contributed by atoms with E-state index in [-0.39, 0.29) is 6.10 Å². The fourth-order valence-corrected chi connectivity index (χ4v) is 2.43. The quantitative estimate of drug-likeness (QED) is 0.767. The SMILES string of the molecule is c1cnc(OC2[C@@H]3CNC[C@H]2COC3)cn1. The van der Waals surface area contributed by atoms with E-state index in [1.807, 2.05) is 0 Å². The molecule has 1 unspecified atom stereocenters. The molecule has 2 aliphatic heterocycles. The largest absolute Gasteiger partial charge is 0.472 e. The number of aromatic nitrogens is 2. The molecule has 16 heavy (non-hydrogen) atoms. The maximum Gasteiger partial charge on any atom is 0.232 e. The molecule has 3 heterocycles. The Morgan fingerprint density at radius 3 is 2.75 bits per heavy atom. The third-order valence-electron chi connectivity index (χ3n) is 3.20. The average molecular weight is 221 g/mol. The summed E-state index contributed by atoms with van der Waals surface area (Å²) < 4.78 is 11.5. The zero-order chi connectivity index (χ0) is 10.8. The third-order valence-corrected chi connectivity index (χ3v) is 3.20. The standard InChI is InChI=1S/C11H15N3O2/c1-2-14-10(5-12-1)16-11-8-3-13-4-9(11)7-15-6-8/h1-2,5,8-9,11,13H,3-4,6-7H2/t8-,9+,11?. The highest BCUT2D eigenvalue weighted by atomic mass is 16.5. The molecule has 2 saturated heterocycles. The van der Waals surface area contributed by atoms with Crippen LogP contribution in [0.2, 0.25) is 0 Å². The molecular weight excluding hydrogens is 206 g/mol. The number of fused-ring (bicyclic) bond motifs is 2. The van der Waals surface area contributed by atoms with Crippen LogP contribution in [-0.2, 0) is 4.74 Å². The Morgan fingerprint density at radius 2 is 2.06 bits per heavy atom. The van der Waals surface area contributed by atoms with Gasteiger partial charge in [-0.3, -0.25) is 4.98 Å². The lowest BCUT2D eigenvalue weighted by molar-refractivity contribution is -0.0835. The molecule has 0 aromatic carbocycles. The zero-order valence-corrected chi connectivity index (χ0v) is 9.00. The minimum absolute atomic E-state index is 0.215. The lowest BCUT2D eigenvalue weighted by Crippen LogP contribution is -2.56. The Labute approximate surface area is 94.2 Å². The first kappa shape index (κ1) is 9.99. The number of piperidine rings is 1. The van der Waals surface area contributed by atoms with Crippen molar-refractivity contribution in [2.24, 2.45) is 11.8 Å². The van der Waals surface area contributed by atoms with Crippen molar-refractivity contribution < 1.29 is 9.47 Å². The van der Waals surface area contributed by atoms with Gasteiger partial charge < -0.3 is 14.8 Å². The number of nitrogens with one attached hydrogen (secondary N) is 1. The van der Waals surface area contributed by atoms with E-state index in [4.69, 9.17) is 9.47 Å². The predicted octanol–water partition coefficient (Wildman–Crippen LogP) is 0.0898. The molecule has 0 spiro atoms. The summed E-state index contributed by atoms with van der Waals surface area (Å²) in [7, 11) is 0. The molecule has 2 aliphatic rings. The van der Waals surface area contributed by atoms with Gasteiger partial charge in [0.05, 0.1) is 19.4 Å². The number of hydrogen-bond acceptors (Lipinski definition) is 5. The molecule has 2 fully saturated rings.